The number of hydrogen-bond acceptors (Lipinski definition) is 3. The topological polar surface area (TPSA) is 38.7 Å². The molecule has 11 aromatic rings. The predicted molar refractivity (Wildman–Crippen MR) is 236 cm³/mol. The van der Waals surface area contributed by atoms with Crippen LogP contribution >= 0.6 is 0 Å². The van der Waals surface area contributed by atoms with Gasteiger partial charge in [0, 0.05) is 29.1 Å². The Morgan fingerprint density at radius 3 is 1.14 bits per heavy atom. The lowest BCUT2D eigenvalue weighted by atomic mass is 9.88. The molecule has 0 unspecified atom stereocenters. The quantitative estimate of drug-likeness (QED) is 0.171. The lowest BCUT2D eigenvalue weighted by molar-refractivity contribution is 1.18. The minimum atomic E-state index is 0.676. The van der Waals surface area contributed by atoms with Crippen LogP contribution < -0.4 is 0 Å². The van der Waals surface area contributed by atoms with Gasteiger partial charge in [-0.3, -0.25) is 4.98 Å². The number of hydrogen-bond donors (Lipinski definition) is 0. The van der Waals surface area contributed by atoms with Gasteiger partial charge < -0.3 is 0 Å². The maximum absolute atomic E-state index is 5.27. The highest BCUT2D eigenvalue weighted by Crippen LogP contribution is 2.43. The number of fused-ring (bicyclic) bond motifs is 15. The second-order valence-electron chi connectivity index (χ2n) is 14.3. The van der Waals surface area contributed by atoms with Crippen molar-refractivity contribution in [3.8, 4) is 33.9 Å². The maximum Gasteiger partial charge on any atom is 0.160 e. The fourth-order valence-corrected chi connectivity index (χ4v) is 8.66. The molecule has 56 heavy (non-hydrogen) atoms. The van der Waals surface area contributed by atoms with Crippen LogP contribution in [-0.2, 0) is 0 Å². The van der Waals surface area contributed by atoms with Gasteiger partial charge in [0.1, 0.15) is 0 Å². The molecule has 0 fully saturated rings. The minimum Gasteiger partial charge on any atom is -0.264 e. The summed E-state index contributed by atoms with van der Waals surface area (Å²) in [5.74, 6) is 0.676. The van der Waals surface area contributed by atoms with Crippen molar-refractivity contribution in [2.45, 2.75) is 0 Å². The van der Waals surface area contributed by atoms with Crippen molar-refractivity contribution < 1.29 is 0 Å². The van der Waals surface area contributed by atoms with Crippen LogP contribution in [0.3, 0.4) is 0 Å². The lowest BCUT2D eigenvalue weighted by Gasteiger charge is -2.15. The van der Waals surface area contributed by atoms with Crippen LogP contribution in [-0.4, -0.2) is 15.0 Å². The molecule has 0 saturated carbocycles. The van der Waals surface area contributed by atoms with Crippen LogP contribution in [0, 0.1) is 0 Å². The Kier molecular flexibility index (Phi) is 7.49. The molecule has 260 valence electrons. The van der Waals surface area contributed by atoms with Crippen LogP contribution in [0.2, 0.25) is 0 Å². The summed E-state index contributed by atoms with van der Waals surface area (Å²) in [6.07, 6.45) is 3.66. The first-order chi connectivity index (χ1) is 27.8. The van der Waals surface area contributed by atoms with Gasteiger partial charge in [-0.1, -0.05) is 164 Å². The monoisotopic (exact) mass is 711 g/mol. The van der Waals surface area contributed by atoms with Crippen LogP contribution in [0.15, 0.2) is 200 Å². The molecular formula is C53H33N3. The number of benzene rings is 8. The summed E-state index contributed by atoms with van der Waals surface area (Å²) in [5.41, 5.74) is 4.60. The fourth-order valence-electron chi connectivity index (χ4n) is 8.66. The van der Waals surface area contributed by atoms with E-state index in [1.54, 1.807) is 6.20 Å². The highest BCUT2D eigenvalue weighted by atomic mass is 14.9. The molecule has 0 aliphatic carbocycles. The van der Waals surface area contributed by atoms with E-state index in [2.05, 4.69) is 169 Å². The smallest absolute Gasteiger partial charge is 0.160 e. The van der Waals surface area contributed by atoms with Gasteiger partial charge in [-0.25, -0.2) is 9.97 Å². The van der Waals surface area contributed by atoms with Crippen LogP contribution in [0.5, 0.6) is 0 Å². The van der Waals surface area contributed by atoms with E-state index in [1.165, 1.54) is 70.0 Å². The molecule has 0 amide bonds. The second-order valence-corrected chi connectivity index (χ2v) is 14.3. The highest BCUT2D eigenvalue weighted by Gasteiger charge is 2.17. The van der Waals surface area contributed by atoms with Crippen molar-refractivity contribution in [3.05, 3.63) is 200 Å². The summed E-state index contributed by atoms with van der Waals surface area (Å²) in [7, 11) is 0. The summed E-state index contributed by atoms with van der Waals surface area (Å²) in [6, 6.07) is 67.7. The molecular weight excluding hydrogens is 679 g/mol. The van der Waals surface area contributed by atoms with Crippen molar-refractivity contribution in [2.75, 3.05) is 0 Å². The number of nitrogens with zero attached hydrogens (tertiary/aromatic N) is 3. The molecule has 0 radical (unpaired) electrons. The first-order valence-electron chi connectivity index (χ1n) is 19.0. The molecule has 2 aromatic heterocycles. The molecule has 0 spiro atoms. The van der Waals surface area contributed by atoms with Gasteiger partial charge in [-0.2, -0.15) is 0 Å². The molecule has 9 aromatic carbocycles. The molecule has 0 aliphatic rings. The maximum atomic E-state index is 5.27. The van der Waals surface area contributed by atoms with Crippen LogP contribution in [0.25, 0.3) is 109 Å². The summed E-state index contributed by atoms with van der Waals surface area (Å²) in [6.45, 7) is 0. The fraction of sp³-hybridized carbons (Fsp3) is 0. The third-order valence-electron chi connectivity index (χ3n) is 11.2. The summed E-state index contributed by atoms with van der Waals surface area (Å²) >= 11 is 0. The molecule has 0 atom stereocenters. The van der Waals surface area contributed by atoms with Crippen LogP contribution in [0.1, 0.15) is 0 Å². The van der Waals surface area contributed by atoms with E-state index < -0.39 is 0 Å². The molecule has 0 saturated heterocycles. The number of pyridine rings is 1. The molecule has 0 N–H and O–H groups in total. The molecule has 0 aliphatic heterocycles. The Morgan fingerprint density at radius 1 is 0.268 bits per heavy atom. The molecule has 3 nitrogen and oxygen atoms in total. The van der Waals surface area contributed by atoms with Crippen molar-refractivity contribution in [2.24, 2.45) is 0 Å². The van der Waals surface area contributed by atoms with E-state index in [4.69, 9.17) is 9.97 Å². The SMILES string of the molecule is c1ccc(-c2nc(-c3cccnc3)cc(-c3ccc4c5ccccc5c5ccccc5c5ccccc5c5c6ccccc6c6ccccc6c5c4c3)n2)cc1. The first kappa shape index (κ1) is 32.0. The third-order valence-corrected chi connectivity index (χ3v) is 11.2. The number of rotatable bonds is 3. The Balaban J connectivity index is 1.40. The third kappa shape index (κ3) is 5.17. The van der Waals surface area contributed by atoms with Crippen LogP contribution in [0.4, 0.5) is 0 Å². The molecule has 11 rings (SSSR count). The van der Waals surface area contributed by atoms with Gasteiger partial charge in [-0.15, -0.1) is 0 Å². The van der Waals surface area contributed by atoms with Crippen molar-refractivity contribution >= 4 is 75.4 Å². The van der Waals surface area contributed by atoms with E-state index in [0.29, 0.717) is 5.82 Å². The van der Waals surface area contributed by atoms with E-state index in [0.717, 1.165) is 33.5 Å². The van der Waals surface area contributed by atoms with E-state index in [9.17, 15) is 0 Å². The van der Waals surface area contributed by atoms with E-state index in [-0.39, 0.29) is 0 Å². The Labute approximate surface area is 323 Å². The first-order valence-corrected chi connectivity index (χ1v) is 19.0. The lowest BCUT2D eigenvalue weighted by Crippen LogP contribution is -1.96. The van der Waals surface area contributed by atoms with Crippen molar-refractivity contribution in [1.29, 1.82) is 0 Å². The van der Waals surface area contributed by atoms with Gasteiger partial charge in [0.05, 0.1) is 11.4 Å². The minimum absolute atomic E-state index is 0.676. The second kappa shape index (κ2) is 13.1. The Hall–Kier alpha value is -7.49. The zero-order valence-corrected chi connectivity index (χ0v) is 30.4. The predicted octanol–water partition coefficient (Wildman–Crippen LogP) is 14.1. The Bertz CT molecular complexity index is 3350. The normalized spacial score (nSPS) is 11.6. The largest absolute Gasteiger partial charge is 0.264 e. The zero-order chi connectivity index (χ0) is 37.0. The van der Waals surface area contributed by atoms with E-state index >= 15 is 0 Å². The van der Waals surface area contributed by atoms with E-state index in [1.807, 2.05) is 30.5 Å². The van der Waals surface area contributed by atoms with Gasteiger partial charge in [0.15, 0.2) is 5.82 Å². The standard InChI is InChI=1S/C53H33N3/c1-2-15-34(16-3-1)53-55-49(32-50(56-53)36-17-14-30-54-33-36)35-28-29-44-40-21-7-5-19-38(40)37-18-4-6-20-39(37)41-22-8-11-25-45(41)51-46-26-12-9-23-42(46)43-24-10-13-27-47(43)52(51)48(44)31-35/h1-33H. The van der Waals surface area contributed by atoms with Crippen molar-refractivity contribution in [1.82, 2.24) is 15.0 Å². The van der Waals surface area contributed by atoms with Crippen molar-refractivity contribution in [3.63, 3.8) is 0 Å². The molecule has 2 heterocycles. The summed E-state index contributed by atoms with van der Waals surface area (Å²) < 4.78 is 0. The summed E-state index contributed by atoms with van der Waals surface area (Å²) in [5, 5.41) is 16.9. The van der Waals surface area contributed by atoms with Gasteiger partial charge in [0.25, 0.3) is 0 Å². The average molecular weight is 712 g/mol. The Morgan fingerprint density at radius 2 is 0.661 bits per heavy atom. The number of aromatic nitrogens is 3. The summed E-state index contributed by atoms with van der Waals surface area (Å²) in [4.78, 5) is 14.8. The van der Waals surface area contributed by atoms with Gasteiger partial charge in [-0.05, 0) is 99.7 Å². The highest BCUT2D eigenvalue weighted by molar-refractivity contribution is 6.38. The average Bonchev–Trinajstić information content (AvgIpc) is 3.28. The molecule has 3 heteroatoms. The molecule has 0 bridgehead atoms. The van der Waals surface area contributed by atoms with Gasteiger partial charge >= 0.3 is 0 Å². The zero-order valence-electron chi connectivity index (χ0n) is 30.4. The van der Waals surface area contributed by atoms with Gasteiger partial charge in [0.2, 0.25) is 0 Å².